The molecule has 166 valence electrons. The third-order valence-electron chi connectivity index (χ3n) is 6.42. The van der Waals surface area contributed by atoms with Gasteiger partial charge in [-0.1, -0.05) is 0 Å². The van der Waals surface area contributed by atoms with E-state index in [0.717, 1.165) is 42.4 Å². The number of rotatable bonds is 4. The molecule has 32 heavy (non-hydrogen) atoms. The van der Waals surface area contributed by atoms with Crippen LogP contribution in [-0.4, -0.2) is 39.5 Å². The Kier molecular flexibility index (Phi) is 5.17. The van der Waals surface area contributed by atoms with Gasteiger partial charge in [-0.25, -0.2) is 9.37 Å². The van der Waals surface area contributed by atoms with Gasteiger partial charge in [-0.15, -0.1) is 5.06 Å². The fourth-order valence-corrected chi connectivity index (χ4v) is 4.96. The van der Waals surface area contributed by atoms with Crippen molar-refractivity contribution in [3.8, 4) is 0 Å². The van der Waals surface area contributed by atoms with Crippen molar-refractivity contribution < 1.29 is 14.0 Å². The molecule has 1 fully saturated rings. The molecule has 0 saturated heterocycles. The standard InChI is InChI=1S/C24H25FN4O3/c1-28(2)32-21(30)11-14-3-5-15(6-4-14)19-13-29-20-9-10-26-24(31)22(20)18-12-16(25)7-8-17(18)23(29)27-19/h7-10,12-15H,3-6,11H2,1-2H3,(H,26,31). The number of carbonyl (C=O) groups is 1. The molecular weight excluding hydrogens is 411 g/mol. The number of pyridine rings is 2. The third kappa shape index (κ3) is 3.64. The largest absolute Gasteiger partial charge is 0.368 e. The number of hydrogen-bond donors (Lipinski definition) is 1. The maximum atomic E-state index is 14.0. The van der Waals surface area contributed by atoms with Crippen LogP contribution in [0.4, 0.5) is 4.39 Å². The first-order valence-electron chi connectivity index (χ1n) is 10.9. The molecule has 8 heteroatoms. The number of hydroxylamine groups is 2. The highest BCUT2D eigenvalue weighted by atomic mass is 19.1. The average Bonchev–Trinajstić information content (AvgIpc) is 3.19. The first-order chi connectivity index (χ1) is 15.4. The first kappa shape index (κ1) is 20.6. The molecule has 0 amide bonds. The van der Waals surface area contributed by atoms with E-state index >= 15 is 0 Å². The predicted octanol–water partition coefficient (Wildman–Crippen LogP) is 4.15. The van der Waals surface area contributed by atoms with Crippen molar-refractivity contribution in [3.63, 3.8) is 0 Å². The Morgan fingerprint density at radius 1 is 1.22 bits per heavy atom. The second kappa shape index (κ2) is 8.02. The fourth-order valence-electron chi connectivity index (χ4n) is 4.96. The molecule has 0 aliphatic heterocycles. The fraction of sp³-hybridized carbons (Fsp3) is 0.375. The number of aromatic nitrogens is 3. The third-order valence-corrected chi connectivity index (χ3v) is 6.42. The molecule has 4 aromatic rings. The van der Waals surface area contributed by atoms with Crippen molar-refractivity contribution in [1.29, 1.82) is 0 Å². The van der Waals surface area contributed by atoms with E-state index in [9.17, 15) is 14.0 Å². The zero-order chi connectivity index (χ0) is 22.4. The number of nitrogens with one attached hydrogen (secondary N) is 1. The van der Waals surface area contributed by atoms with Crippen LogP contribution in [0.15, 0.2) is 41.5 Å². The Balaban J connectivity index is 1.49. The summed E-state index contributed by atoms with van der Waals surface area (Å²) in [5.74, 6) is 0.0216. The zero-order valence-corrected chi connectivity index (χ0v) is 18.1. The lowest BCUT2D eigenvalue weighted by atomic mass is 9.79. The van der Waals surface area contributed by atoms with E-state index < -0.39 is 0 Å². The van der Waals surface area contributed by atoms with Gasteiger partial charge in [0.05, 0.1) is 23.0 Å². The molecule has 0 atom stereocenters. The quantitative estimate of drug-likeness (QED) is 0.384. The summed E-state index contributed by atoms with van der Waals surface area (Å²) < 4.78 is 16.0. The molecule has 1 aliphatic carbocycles. The highest BCUT2D eigenvalue weighted by Crippen LogP contribution is 2.38. The minimum Gasteiger partial charge on any atom is -0.368 e. The molecule has 0 unspecified atom stereocenters. The lowest BCUT2D eigenvalue weighted by Crippen LogP contribution is -2.22. The van der Waals surface area contributed by atoms with Crippen LogP contribution in [0.3, 0.4) is 0 Å². The highest BCUT2D eigenvalue weighted by Gasteiger charge is 2.27. The molecule has 0 bridgehead atoms. The molecule has 1 N–H and O–H groups in total. The molecule has 5 rings (SSSR count). The van der Waals surface area contributed by atoms with Crippen molar-refractivity contribution in [2.45, 2.75) is 38.0 Å². The van der Waals surface area contributed by atoms with Crippen LogP contribution in [-0.2, 0) is 9.63 Å². The molecule has 1 aromatic carbocycles. The molecule has 3 aromatic heterocycles. The van der Waals surface area contributed by atoms with Crippen LogP contribution in [0.5, 0.6) is 0 Å². The minimum absolute atomic E-state index is 0.193. The van der Waals surface area contributed by atoms with E-state index in [1.165, 1.54) is 17.2 Å². The van der Waals surface area contributed by atoms with Gasteiger partial charge in [0.1, 0.15) is 11.5 Å². The van der Waals surface area contributed by atoms with Crippen molar-refractivity contribution in [1.82, 2.24) is 19.4 Å². The van der Waals surface area contributed by atoms with E-state index in [1.54, 1.807) is 26.4 Å². The average molecular weight is 436 g/mol. The predicted molar refractivity (Wildman–Crippen MR) is 120 cm³/mol. The Hall–Kier alpha value is -3.26. The monoisotopic (exact) mass is 436 g/mol. The summed E-state index contributed by atoms with van der Waals surface area (Å²) in [4.78, 5) is 37.3. The van der Waals surface area contributed by atoms with E-state index in [-0.39, 0.29) is 23.3 Å². The number of benzene rings is 1. The number of imidazole rings is 1. The van der Waals surface area contributed by atoms with E-state index in [4.69, 9.17) is 9.82 Å². The number of hydrogen-bond acceptors (Lipinski definition) is 5. The summed E-state index contributed by atoms with van der Waals surface area (Å²) in [5, 5.41) is 3.20. The number of H-pyrrole nitrogens is 1. The van der Waals surface area contributed by atoms with Crippen molar-refractivity contribution >= 4 is 33.3 Å². The molecule has 0 radical (unpaired) electrons. The van der Waals surface area contributed by atoms with Gasteiger partial charge in [0.25, 0.3) is 5.56 Å². The summed E-state index contributed by atoms with van der Waals surface area (Å²) in [6.45, 7) is 0. The molecule has 7 nitrogen and oxygen atoms in total. The van der Waals surface area contributed by atoms with Crippen LogP contribution < -0.4 is 5.56 Å². The lowest BCUT2D eigenvalue weighted by molar-refractivity contribution is -0.179. The number of halogens is 1. The van der Waals surface area contributed by atoms with E-state index in [0.29, 0.717) is 28.6 Å². The van der Waals surface area contributed by atoms with E-state index in [1.807, 2.05) is 16.7 Å². The van der Waals surface area contributed by atoms with Crippen LogP contribution in [0.1, 0.15) is 43.7 Å². The molecule has 3 heterocycles. The van der Waals surface area contributed by atoms with Gasteiger partial charge in [-0.05, 0) is 55.9 Å². The molecule has 0 spiro atoms. The molecular formula is C24H25FN4O3. The number of aromatic amines is 1. The van der Waals surface area contributed by atoms with E-state index in [2.05, 4.69) is 4.98 Å². The van der Waals surface area contributed by atoms with Gasteiger partial charge in [0, 0.05) is 43.2 Å². The Morgan fingerprint density at radius 3 is 2.75 bits per heavy atom. The Bertz CT molecular complexity index is 1380. The summed E-state index contributed by atoms with van der Waals surface area (Å²) in [6, 6.07) is 6.32. The van der Waals surface area contributed by atoms with Gasteiger partial charge in [0.2, 0.25) is 0 Å². The maximum absolute atomic E-state index is 14.0. The van der Waals surface area contributed by atoms with Crippen molar-refractivity contribution in [2.75, 3.05) is 14.1 Å². The Morgan fingerprint density at radius 2 is 2.00 bits per heavy atom. The summed E-state index contributed by atoms with van der Waals surface area (Å²) in [7, 11) is 3.40. The van der Waals surface area contributed by atoms with Crippen LogP contribution in [0.2, 0.25) is 0 Å². The highest BCUT2D eigenvalue weighted by molar-refractivity contribution is 6.11. The number of carbonyl (C=O) groups excluding carboxylic acids is 1. The van der Waals surface area contributed by atoms with Gasteiger partial charge in [-0.2, -0.15) is 0 Å². The zero-order valence-electron chi connectivity index (χ0n) is 18.1. The number of nitrogens with zero attached hydrogens (tertiary/aromatic N) is 3. The van der Waals surface area contributed by atoms with Crippen molar-refractivity contribution in [3.05, 3.63) is 58.5 Å². The van der Waals surface area contributed by atoms with Gasteiger partial charge < -0.3 is 9.82 Å². The second-order valence-electron chi connectivity index (χ2n) is 8.81. The topological polar surface area (TPSA) is 79.7 Å². The van der Waals surface area contributed by atoms with Crippen LogP contribution >= 0.6 is 0 Å². The summed E-state index contributed by atoms with van der Waals surface area (Å²) >= 11 is 0. The summed E-state index contributed by atoms with van der Waals surface area (Å²) in [5.41, 5.74) is 2.16. The second-order valence-corrected chi connectivity index (χ2v) is 8.81. The van der Waals surface area contributed by atoms with Gasteiger partial charge in [0.15, 0.2) is 0 Å². The van der Waals surface area contributed by atoms with Gasteiger partial charge in [-0.3, -0.25) is 14.0 Å². The molecule has 1 saturated carbocycles. The van der Waals surface area contributed by atoms with Crippen molar-refractivity contribution in [2.24, 2.45) is 5.92 Å². The Labute approximate surface area is 183 Å². The molecule has 1 aliphatic rings. The van der Waals surface area contributed by atoms with Gasteiger partial charge >= 0.3 is 5.97 Å². The number of fused-ring (bicyclic) bond motifs is 6. The first-order valence-corrected chi connectivity index (χ1v) is 10.9. The summed E-state index contributed by atoms with van der Waals surface area (Å²) in [6.07, 6.45) is 7.79. The normalized spacial score (nSPS) is 19.2. The van der Waals surface area contributed by atoms with Crippen LogP contribution in [0, 0.1) is 11.7 Å². The lowest BCUT2D eigenvalue weighted by Gasteiger charge is -2.27. The SMILES string of the molecule is CN(C)OC(=O)CC1CCC(c2cn3c4cc[nH]c(=O)c4c4cc(F)ccc4c3n2)CC1. The minimum atomic E-state index is -0.385. The smallest absolute Gasteiger partial charge is 0.325 e. The van der Waals surface area contributed by atoms with Crippen LogP contribution in [0.25, 0.3) is 27.3 Å². The maximum Gasteiger partial charge on any atom is 0.325 e.